The lowest BCUT2D eigenvalue weighted by atomic mass is 10.1. The van der Waals surface area contributed by atoms with Crippen molar-refractivity contribution in [2.24, 2.45) is 0 Å². The van der Waals surface area contributed by atoms with Crippen molar-refractivity contribution in [3.8, 4) is 17.0 Å². The van der Waals surface area contributed by atoms with E-state index in [4.69, 9.17) is 5.41 Å². The normalized spacial score (nSPS) is 13.6. The van der Waals surface area contributed by atoms with Crippen LogP contribution < -0.4 is 5.49 Å². The Morgan fingerprint density at radius 3 is 2.82 bits per heavy atom. The summed E-state index contributed by atoms with van der Waals surface area (Å²) in [5.41, 5.74) is 1.57. The van der Waals surface area contributed by atoms with Crippen LogP contribution in [0.3, 0.4) is 0 Å². The third-order valence-corrected chi connectivity index (χ3v) is 3.71. The van der Waals surface area contributed by atoms with Crippen LogP contribution >= 0.6 is 11.8 Å². The molecular weight excluding hydrogens is 234 g/mol. The summed E-state index contributed by atoms with van der Waals surface area (Å²) >= 11 is 1.62. The summed E-state index contributed by atoms with van der Waals surface area (Å²) in [4.78, 5) is 4.08. The van der Waals surface area contributed by atoms with Gasteiger partial charge in [0.1, 0.15) is 0 Å². The minimum absolute atomic E-state index is 0.0394. The minimum atomic E-state index is -0.0514. The third-order valence-electron chi connectivity index (χ3n) is 2.75. The number of fused-ring (bicyclic) bond motifs is 1. The molecule has 17 heavy (non-hydrogen) atoms. The molecule has 0 aliphatic carbocycles. The highest BCUT2D eigenvalue weighted by Crippen LogP contribution is 2.33. The summed E-state index contributed by atoms with van der Waals surface area (Å²) in [6.07, 6.45) is 0. The first kappa shape index (κ1) is 10.4. The Morgan fingerprint density at radius 1 is 1.29 bits per heavy atom. The van der Waals surface area contributed by atoms with E-state index < -0.39 is 0 Å². The molecule has 0 unspecified atom stereocenters. The highest BCUT2D eigenvalue weighted by molar-refractivity contribution is 7.99. The Labute approximate surface area is 102 Å². The van der Waals surface area contributed by atoms with E-state index in [2.05, 4.69) is 4.98 Å². The van der Waals surface area contributed by atoms with Crippen LogP contribution in [-0.4, -0.2) is 20.4 Å². The lowest BCUT2D eigenvalue weighted by Gasteiger charge is -2.12. The smallest absolute Gasteiger partial charge is 0.192 e. The number of aromatic hydroxyl groups is 1. The summed E-state index contributed by atoms with van der Waals surface area (Å²) in [5.74, 6) is 0.901. The topological polar surface area (TPSA) is 61.9 Å². The van der Waals surface area contributed by atoms with E-state index in [-0.39, 0.29) is 11.2 Å². The van der Waals surface area contributed by atoms with E-state index in [9.17, 15) is 5.11 Å². The summed E-state index contributed by atoms with van der Waals surface area (Å²) in [7, 11) is 0. The Morgan fingerprint density at radius 2 is 2.06 bits per heavy atom. The molecule has 0 fully saturated rings. The van der Waals surface area contributed by atoms with Crippen LogP contribution in [-0.2, 0) is 6.54 Å². The molecule has 2 N–H and O–H groups in total. The highest BCUT2D eigenvalue weighted by Gasteiger charge is 2.20. The van der Waals surface area contributed by atoms with Crippen molar-refractivity contribution < 1.29 is 5.11 Å². The van der Waals surface area contributed by atoms with Gasteiger partial charge in [-0.15, -0.1) is 0 Å². The second kappa shape index (κ2) is 3.92. The summed E-state index contributed by atoms with van der Waals surface area (Å²) < 4.78 is 1.98. The van der Waals surface area contributed by atoms with Crippen LogP contribution in [0.25, 0.3) is 11.3 Å². The van der Waals surface area contributed by atoms with Gasteiger partial charge in [0.05, 0.1) is 5.69 Å². The first-order valence-corrected chi connectivity index (χ1v) is 6.32. The molecule has 2 heterocycles. The van der Waals surface area contributed by atoms with Crippen molar-refractivity contribution in [3.63, 3.8) is 0 Å². The van der Waals surface area contributed by atoms with Crippen LogP contribution in [0, 0.1) is 5.41 Å². The lowest BCUT2D eigenvalue weighted by Crippen LogP contribution is -2.14. The molecular formula is C12H11N3OS. The number of hydrogen-bond acceptors (Lipinski definition) is 4. The molecule has 5 heteroatoms. The number of aromatic nitrogens is 2. The summed E-state index contributed by atoms with van der Waals surface area (Å²) in [6, 6.07) is 9.65. The van der Waals surface area contributed by atoms with Crippen LogP contribution in [0.15, 0.2) is 35.5 Å². The molecule has 1 aromatic heterocycles. The average molecular weight is 245 g/mol. The Bertz CT molecular complexity index is 622. The maximum absolute atomic E-state index is 10.0. The molecule has 0 saturated carbocycles. The standard InChI is InChI=1S/C12H11N3OS/c13-11-10(16)9(8-4-2-1-3-5-8)15-6-7-17-12(15)14-11/h1-5,13,16H,6-7H2. The molecule has 0 bridgehead atoms. The van der Waals surface area contributed by atoms with Gasteiger partial charge in [0.15, 0.2) is 16.4 Å². The second-order valence-corrected chi connectivity index (χ2v) is 4.87. The molecule has 0 amide bonds. The molecule has 0 atom stereocenters. The second-order valence-electron chi connectivity index (χ2n) is 3.81. The summed E-state index contributed by atoms with van der Waals surface area (Å²) in [6.45, 7) is 0.824. The zero-order chi connectivity index (χ0) is 11.8. The fourth-order valence-electron chi connectivity index (χ4n) is 1.98. The molecule has 3 rings (SSSR count). The van der Waals surface area contributed by atoms with Crippen LogP contribution in [0.4, 0.5) is 0 Å². The summed E-state index contributed by atoms with van der Waals surface area (Å²) in [5, 5.41) is 18.5. The first-order valence-electron chi connectivity index (χ1n) is 5.34. The van der Waals surface area contributed by atoms with Crippen molar-refractivity contribution in [1.82, 2.24) is 9.55 Å². The van der Waals surface area contributed by atoms with Gasteiger partial charge in [-0.25, -0.2) is 4.98 Å². The molecule has 4 nitrogen and oxygen atoms in total. The quantitative estimate of drug-likeness (QED) is 0.754. The van der Waals surface area contributed by atoms with E-state index in [1.165, 1.54) is 0 Å². The molecule has 2 aromatic rings. The van der Waals surface area contributed by atoms with E-state index in [1.54, 1.807) is 11.8 Å². The van der Waals surface area contributed by atoms with Crippen molar-refractivity contribution in [2.45, 2.75) is 11.7 Å². The molecule has 0 spiro atoms. The number of benzene rings is 1. The van der Waals surface area contributed by atoms with Gasteiger partial charge < -0.3 is 9.67 Å². The van der Waals surface area contributed by atoms with E-state index in [0.717, 1.165) is 23.0 Å². The Kier molecular flexibility index (Phi) is 2.40. The number of rotatable bonds is 1. The zero-order valence-corrected chi connectivity index (χ0v) is 9.87. The van der Waals surface area contributed by atoms with E-state index in [0.29, 0.717) is 5.69 Å². The highest BCUT2D eigenvalue weighted by atomic mass is 32.2. The van der Waals surface area contributed by atoms with Gasteiger partial charge >= 0.3 is 0 Å². The average Bonchev–Trinajstić information content (AvgIpc) is 2.79. The van der Waals surface area contributed by atoms with Crippen LogP contribution in [0.2, 0.25) is 0 Å². The molecule has 1 aromatic carbocycles. The SMILES string of the molecule is N=c1nc2n(c(-c3ccccc3)c1O)CCS2. The molecule has 0 radical (unpaired) electrons. The number of thioether (sulfide) groups is 1. The lowest BCUT2D eigenvalue weighted by molar-refractivity contribution is 0.449. The van der Waals surface area contributed by atoms with Crippen molar-refractivity contribution >= 4 is 11.8 Å². The third kappa shape index (κ3) is 1.63. The number of nitrogens with zero attached hydrogens (tertiary/aromatic N) is 2. The van der Waals surface area contributed by atoms with Gasteiger partial charge in [0.2, 0.25) is 0 Å². The van der Waals surface area contributed by atoms with Crippen molar-refractivity contribution in [2.75, 3.05) is 5.75 Å². The van der Waals surface area contributed by atoms with Gasteiger partial charge in [0.25, 0.3) is 0 Å². The van der Waals surface area contributed by atoms with Gasteiger partial charge in [-0.05, 0) is 0 Å². The van der Waals surface area contributed by atoms with Crippen molar-refractivity contribution in [3.05, 3.63) is 35.8 Å². The predicted molar refractivity (Wildman–Crippen MR) is 65.9 cm³/mol. The van der Waals surface area contributed by atoms with Gasteiger partial charge in [-0.1, -0.05) is 42.1 Å². The number of hydrogen-bond donors (Lipinski definition) is 2. The van der Waals surface area contributed by atoms with Crippen LogP contribution in [0.1, 0.15) is 0 Å². The first-order chi connectivity index (χ1) is 8.27. The number of nitrogens with one attached hydrogen (secondary N) is 1. The predicted octanol–water partition coefficient (Wildman–Crippen LogP) is 1.84. The maximum Gasteiger partial charge on any atom is 0.192 e. The molecule has 1 aliphatic heterocycles. The Hall–Kier alpha value is -1.75. The Balaban J connectivity index is 2.33. The zero-order valence-electron chi connectivity index (χ0n) is 9.05. The van der Waals surface area contributed by atoms with E-state index in [1.807, 2.05) is 34.9 Å². The van der Waals surface area contributed by atoms with Gasteiger partial charge in [-0.2, -0.15) is 0 Å². The largest absolute Gasteiger partial charge is 0.503 e. The molecule has 1 aliphatic rings. The monoisotopic (exact) mass is 245 g/mol. The van der Waals surface area contributed by atoms with Crippen molar-refractivity contribution in [1.29, 1.82) is 5.41 Å². The fraction of sp³-hybridized carbons (Fsp3) is 0.167. The van der Waals surface area contributed by atoms with Crippen LogP contribution in [0.5, 0.6) is 5.75 Å². The van der Waals surface area contributed by atoms with Gasteiger partial charge in [-0.3, -0.25) is 5.41 Å². The molecule has 86 valence electrons. The fourth-order valence-corrected chi connectivity index (χ4v) is 2.93. The molecule has 0 saturated heterocycles. The van der Waals surface area contributed by atoms with Gasteiger partial charge in [0, 0.05) is 17.9 Å². The van der Waals surface area contributed by atoms with E-state index >= 15 is 0 Å². The maximum atomic E-state index is 10.0. The minimum Gasteiger partial charge on any atom is -0.503 e.